The molecule has 1 aliphatic carbocycles. The van der Waals surface area contributed by atoms with E-state index < -0.39 is 36.5 Å². The molecule has 2 N–H and O–H groups in total. The molecule has 4 aromatic rings. The second kappa shape index (κ2) is 12.3. The molecule has 0 bridgehead atoms. The van der Waals surface area contributed by atoms with Crippen LogP contribution in [-0.2, 0) is 22.5 Å². The van der Waals surface area contributed by atoms with Crippen LogP contribution in [0, 0.1) is 5.92 Å². The molecular weight excluding hydrogens is 583 g/mol. The minimum absolute atomic E-state index is 0.0104. The highest BCUT2D eigenvalue weighted by Crippen LogP contribution is 2.37. The van der Waals surface area contributed by atoms with Crippen molar-refractivity contribution in [3.63, 3.8) is 0 Å². The van der Waals surface area contributed by atoms with Crippen molar-refractivity contribution in [2.24, 2.45) is 5.92 Å². The summed E-state index contributed by atoms with van der Waals surface area (Å²) in [4.78, 5) is 43.1. The number of carbonyl (C=O) groups is 1. The van der Waals surface area contributed by atoms with Crippen LogP contribution in [0.1, 0.15) is 30.1 Å². The van der Waals surface area contributed by atoms with Gasteiger partial charge in [0.25, 0.3) is 5.56 Å². The van der Waals surface area contributed by atoms with E-state index in [1.165, 1.54) is 36.7 Å². The second-order valence-corrected chi connectivity index (χ2v) is 10.3. The van der Waals surface area contributed by atoms with Crippen LogP contribution in [-0.4, -0.2) is 28.7 Å². The van der Waals surface area contributed by atoms with Gasteiger partial charge in [0.15, 0.2) is 23.9 Å². The Balaban J connectivity index is 1.49. The van der Waals surface area contributed by atoms with Crippen LogP contribution < -0.4 is 25.7 Å². The standard InChI is InChI=1S/C28H23Cl2F2N3O6/c29-19-11-33-12-20(30)18(19)10-23(16-7-8-22(41-27(31)32)24(9-16)39-14-15-5-6-15)40-25(36)13-35-21-4-2-1-3-17(21)26(37)34-28(35)38/h1-4,7-9,11-12,15,23,27H,5-6,10,13-14H2,(H,34,37,38)/p+1/t23-/m0/s1. The number of halogens is 4. The highest BCUT2D eigenvalue weighted by molar-refractivity contribution is 6.35. The lowest BCUT2D eigenvalue weighted by molar-refractivity contribution is -0.377. The van der Waals surface area contributed by atoms with E-state index in [9.17, 15) is 23.2 Å². The van der Waals surface area contributed by atoms with Crippen molar-refractivity contribution in [2.75, 3.05) is 6.61 Å². The summed E-state index contributed by atoms with van der Waals surface area (Å²) < 4.78 is 43.5. The molecular formula is C28H24Cl2F2N3O6+. The number of esters is 1. The van der Waals surface area contributed by atoms with E-state index in [-0.39, 0.29) is 38.9 Å². The highest BCUT2D eigenvalue weighted by Gasteiger charge is 2.26. The number of alkyl halides is 2. The molecule has 41 heavy (non-hydrogen) atoms. The van der Waals surface area contributed by atoms with E-state index in [0.29, 0.717) is 23.7 Å². The molecule has 1 saturated carbocycles. The van der Waals surface area contributed by atoms with Crippen LogP contribution in [0.15, 0.2) is 64.4 Å². The van der Waals surface area contributed by atoms with Gasteiger partial charge in [-0.25, -0.2) is 9.78 Å². The summed E-state index contributed by atoms with van der Waals surface area (Å²) in [6, 6.07) is 10.6. The summed E-state index contributed by atoms with van der Waals surface area (Å²) >= 11 is 12.7. The SMILES string of the molecule is O=C(Cn1c(=O)[nH]c(=O)c2ccccc21)O[C@@H](Cc1c(Cl)c[nH+]cc1Cl)c1ccc(OC(F)F)c(OCC2CC2)c1. The quantitative estimate of drug-likeness (QED) is 0.247. The lowest BCUT2D eigenvalue weighted by Gasteiger charge is -2.21. The molecule has 0 aliphatic heterocycles. The Morgan fingerprint density at radius 3 is 2.51 bits per heavy atom. The molecule has 0 radical (unpaired) electrons. The van der Waals surface area contributed by atoms with E-state index in [1.807, 2.05) is 0 Å². The molecule has 5 rings (SSSR count). The lowest BCUT2D eigenvalue weighted by Crippen LogP contribution is -2.33. The summed E-state index contributed by atoms with van der Waals surface area (Å²) in [6.45, 7) is -3.27. The number of nitrogens with one attached hydrogen (secondary N) is 2. The van der Waals surface area contributed by atoms with Crippen LogP contribution >= 0.6 is 23.2 Å². The van der Waals surface area contributed by atoms with Crippen molar-refractivity contribution in [1.82, 2.24) is 9.55 Å². The predicted octanol–water partition coefficient (Wildman–Crippen LogP) is 4.73. The highest BCUT2D eigenvalue weighted by atomic mass is 35.5. The second-order valence-electron chi connectivity index (χ2n) is 9.51. The first-order chi connectivity index (χ1) is 19.7. The van der Waals surface area contributed by atoms with Gasteiger partial charge in [-0.3, -0.25) is 19.1 Å². The van der Waals surface area contributed by atoms with Gasteiger partial charge in [-0.05, 0) is 48.6 Å². The van der Waals surface area contributed by atoms with Gasteiger partial charge in [0.1, 0.15) is 22.7 Å². The molecule has 0 unspecified atom stereocenters. The monoisotopic (exact) mass is 606 g/mol. The number of fused-ring (bicyclic) bond motifs is 1. The maximum absolute atomic E-state index is 13.3. The van der Waals surface area contributed by atoms with E-state index in [2.05, 4.69) is 14.7 Å². The summed E-state index contributed by atoms with van der Waals surface area (Å²) in [5.74, 6) is -0.573. The van der Waals surface area contributed by atoms with Gasteiger partial charge in [-0.1, -0.05) is 41.4 Å². The first-order valence-corrected chi connectivity index (χ1v) is 13.4. The average molecular weight is 607 g/mol. The fourth-order valence-electron chi connectivity index (χ4n) is 4.33. The molecule has 1 aliphatic rings. The fraction of sp³-hybridized carbons (Fsp3) is 0.286. The molecule has 0 spiro atoms. The number of benzene rings is 2. The van der Waals surface area contributed by atoms with E-state index in [0.717, 1.165) is 17.4 Å². The van der Waals surface area contributed by atoms with Crippen LogP contribution in [0.3, 0.4) is 0 Å². The summed E-state index contributed by atoms with van der Waals surface area (Å²) in [7, 11) is 0. The van der Waals surface area contributed by atoms with Gasteiger partial charge in [-0.2, -0.15) is 8.78 Å². The third-order valence-electron chi connectivity index (χ3n) is 6.58. The number of carbonyl (C=O) groups excluding carboxylic acids is 1. The number of hydrogen-bond acceptors (Lipinski definition) is 6. The number of para-hydroxylation sites is 1. The minimum Gasteiger partial charge on any atom is -0.489 e. The Hall–Kier alpha value is -3.96. The van der Waals surface area contributed by atoms with Gasteiger partial charge in [0.05, 0.1) is 17.5 Å². The van der Waals surface area contributed by atoms with Gasteiger partial charge in [0, 0.05) is 12.0 Å². The van der Waals surface area contributed by atoms with Crippen LogP contribution in [0.2, 0.25) is 10.0 Å². The molecule has 2 heterocycles. The molecule has 0 amide bonds. The Kier molecular flexibility index (Phi) is 8.55. The molecule has 1 fully saturated rings. The van der Waals surface area contributed by atoms with Crippen LogP contribution in [0.25, 0.3) is 10.9 Å². The number of aromatic nitrogens is 3. The lowest BCUT2D eigenvalue weighted by atomic mass is 10.0. The first-order valence-electron chi connectivity index (χ1n) is 12.7. The van der Waals surface area contributed by atoms with Crippen molar-refractivity contribution in [1.29, 1.82) is 0 Å². The Morgan fingerprint density at radius 1 is 1.07 bits per heavy atom. The summed E-state index contributed by atoms with van der Waals surface area (Å²) in [5.41, 5.74) is -0.253. The number of hydrogen-bond donors (Lipinski definition) is 1. The largest absolute Gasteiger partial charge is 0.489 e. The van der Waals surface area contributed by atoms with Gasteiger partial charge >= 0.3 is 18.3 Å². The molecule has 2 aromatic heterocycles. The number of H-pyrrole nitrogens is 2. The Bertz CT molecular complexity index is 1690. The normalized spacial score (nSPS) is 13.8. The zero-order chi connectivity index (χ0) is 29.1. The van der Waals surface area contributed by atoms with Gasteiger partial charge < -0.3 is 14.2 Å². The number of pyridine rings is 1. The van der Waals surface area contributed by atoms with Crippen molar-refractivity contribution < 1.29 is 32.8 Å². The maximum atomic E-state index is 13.3. The zero-order valence-electron chi connectivity index (χ0n) is 21.4. The summed E-state index contributed by atoms with van der Waals surface area (Å²) in [5, 5.41) is 0.788. The number of rotatable bonds is 11. The van der Waals surface area contributed by atoms with E-state index in [4.69, 9.17) is 32.7 Å². The van der Waals surface area contributed by atoms with Gasteiger partial charge in [-0.15, -0.1) is 0 Å². The number of ether oxygens (including phenoxy) is 3. The van der Waals surface area contributed by atoms with Gasteiger partial charge in [0.2, 0.25) is 0 Å². The van der Waals surface area contributed by atoms with E-state index >= 15 is 0 Å². The van der Waals surface area contributed by atoms with Crippen LogP contribution in [0.4, 0.5) is 8.78 Å². The van der Waals surface area contributed by atoms with Crippen molar-refractivity contribution in [2.45, 2.75) is 38.5 Å². The molecule has 214 valence electrons. The third-order valence-corrected chi connectivity index (χ3v) is 7.25. The third kappa shape index (κ3) is 6.86. The van der Waals surface area contributed by atoms with Crippen LogP contribution in [0.5, 0.6) is 11.5 Å². The summed E-state index contributed by atoms with van der Waals surface area (Å²) in [6.07, 6.45) is 3.97. The van der Waals surface area contributed by atoms with Crippen molar-refractivity contribution in [3.05, 3.63) is 96.9 Å². The topological polar surface area (TPSA) is 114 Å². The Morgan fingerprint density at radius 2 is 1.80 bits per heavy atom. The molecule has 9 nitrogen and oxygen atoms in total. The minimum atomic E-state index is -3.07. The van der Waals surface area contributed by atoms with Crippen molar-refractivity contribution >= 4 is 40.1 Å². The maximum Gasteiger partial charge on any atom is 0.387 e. The van der Waals surface area contributed by atoms with Crippen molar-refractivity contribution in [3.8, 4) is 11.5 Å². The fourth-order valence-corrected chi connectivity index (χ4v) is 4.86. The Labute approximate surface area is 241 Å². The molecule has 2 aromatic carbocycles. The zero-order valence-corrected chi connectivity index (χ0v) is 22.9. The molecule has 0 saturated heterocycles. The predicted molar refractivity (Wildman–Crippen MR) is 146 cm³/mol. The molecule has 13 heteroatoms. The number of nitrogens with zero attached hydrogens (tertiary/aromatic N) is 1. The first kappa shape index (κ1) is 28.6. The average Bonchev–Trinajstić information content (AvgIpc) is 3.76. The van der Waals surface area contributed by atoms with E-state index in [1.54, 1.807) is 18.2 Å². The molecule has 1 atom stereocenters. The smallest absolute Gasteiger partial charge is 0.387 e. The number of aromatic amines is 2.